The van der Waals surface area contributed by atoms with Crippen LogP contribution in [0.4, 0.5) is 0 Å². The molecule has 0 saturated carbocycles. The van der Waals surface area contributed by atoms with Gasteiger partial charge in [-0.3, -0.25) is 14.6 Å². The van der Waals surface area contributed by atoms with E-state index in [1.165, 1.54) is 7.11 Å². The van der Waals surface area contributed by atoms with Gasteiger partial charge in [-0.05, 0) is 26.0 Å². The van der Waals surface area contributed by atoms with E-state index in [-0.39, 0.29) is 23.8 Å². The van der Waals surface area contributed by atoms with Crippen LogP contribution < -0.4 is 0 Å². The Hall–Kier alpha value is -1.91. The summed E-state index contributed by atoms with van der Waals surface area (Å²) >= 11 is 0. The summed E-state index contributed by atoms with van der Waals surface area (Å²) in [5, 5.41) is 0. The van der Waals surface area contributed by atoms with Gasteiger partial charge in [0, 0.05) is 30.5 Å². The Kier molecular flexibility index (Phi) is 5.48. The van der Waals surface area contributed by atoms with Gasteiger partial charge in [-0.2, -0.15) is 0 Å². The summed E-state index contributed by atoms with van der Waals surface area (Å²) in [4.78, 5) is 29.4. The van der Waals surface area contributed by atoms with Crippen LogP contribution in [-0.4, -0.2) is 41.5 Å². The van der Waals surface area contributed by atoms with Gasteiger partial charge < -0.3 is 9.64 Å². The number of nitrogens with zero attached hydrogens (tertiary/aromatic N) is 2. The molecule has 5 heteroatoms. The first-order chi connectivity index (χ1) is 8.97. The quantitative estimate of drug-likeness (QED) is 0.760. The third-order valence-corrected chi connectivity index (χ3v) is 2.89. The van der Waals surface area contributed by atoms with E-state index in [1.807, 2.05) is 13.8 Å². The second-order valence-electron chi connectivity index (χ2n) is 4.71. The molecule has 1 rings (SSSR count). The fourth-order valence-electron chi connectivity index (χ4n) is 1.76. The van der Waals surface area contributed by atoms with Crippen molar-refractivity contribution in [2.75, 3.05) is 13.7 Å². The number of esters is 1. The van der Waals surface area contributed by atoms with Gasteiger partial charge in [-0.1, -0.05) is 6.92 Å². The summed E-state index contributed by atoms with van der Waals surface area (Å²) in [5.74, 6) is -0.764. The molecule has 104 valence electrons. The second kappa shape index (κ2) is 6.87. The number of aromatic nitrogens is 1. The van der Waals surface area contributed by atoms with E-state index in [4.69, 9.17) is 4.74 Å². The highest BCUT2D eigenvalue weighted by Crippen LogP contribution is 2.11. The van der Waals surface area contributed by atoms with Crippen molar-refractivity contribution in [2.24, 2.45) is 5.92 Å². The smallest absolute Gasteiger partial charge is 0.310 e. The highest BCUT2D eigenvalue weighted by molar-refractivity contribution is 5.94. The van der Waals surface area contributed by atoms with Gasteiger partial charge in [-0.15, -0.1) is 0 Å². The van der Waals surface area contributed by atoms with E-state index in [1.54, 1.807) is 36.4 Å². The number of hydrogen-bond acceptors (Lipinski definition) is 4. The SMILES string of the molecule is COC(=O)C(C)CN(C(=O)c1ccncc1)C(C)C. The number of rotatable bonds is 5. The molecular weight excluding hydrogens is 244 g/mol. The first-order valence-electron chi connectivity index (χ1n) is 6.26. The second-order valence-corrected chi connectivity index (χ2v) is 4.71. The number of methoxy groups -OCH3 is 1. The molecule has 1 heterocycles. The van der Waals surface area contributed by atoms with Crippen molar-refractivity contribution in [1.29, 1.82) is 0 Å². The van der Waals surface area contributed by atoms with Crippen LogP contribution in [-0.2, 0) is 9.53 Å². The number of ether oxygens (including phenoxy) is 1. The maximum absolute atomic E-state index is 12.4. The van der Waals surface area contributed by atoms with E-state index in [0.717, 1.165) is 0 Å². The van der Waals surface area contributed by atoms with Crippen molar-refractivity contribution >= 4 is 11.9 Å². The average molecular weight is 264 g/mol. The maximum atomic E-state index is 12.4. The zero-order chi connectivity index (χ0) is 14.4. The van der Waals surface area contributed by atoms with Crippen molar-refractivity contribution in [3.63, 3.8) is 0 Å². The normalized spacial score (nSPS) is 12.1. The Morgan fingerprint density at radius 2 is 1.84 bits per heavy atom. The Morgan fingerprint density at radius 1 is 1.26 bits per heavy atom. The van der Waals surface area contributed by atoms with Crippen LogP contribution in [0.25, 0.3) is 0 Å². The first kappa shape index (κ1) is 15.1. The molecule has 0 aromatic carbocycles. The summed E-state index contributed by atoms with van der Waals surface area (Å²) in [6, 6.07) is 3.34. The summed E-state index contributed by atoms with van der Waals surface area (Å²) in [7, 11) is 1.35. The van der Waals surface area contributed by atoms with E-state index in [0.29, 0.717) is 12.1 Å². The van der Waals surface area contributed by atoms with Gasteiger partial charge >= 0.3 is 5.97 Å². The van der Waals surface area contributed by atoms with Crippen molar-refractivity contribution in [2.45, 2.75) is 26.8 Å². The van der Waals surface area contributed by atoms with Gasteiger partial charge in [0.1, 0.15) is 0 Å². The van der Waals surface area contributed by atoms with Gasteiger partial charge in [0.2, 0.25) is 0 Å². The molecule has 1 atom stereocenters. The van der Waals surface area contributed by atoms with Crippen molar-refractivity contribution in [3.05, 3.63) is 30.1 Å². The predicted octanol–water partition coefficient (Wildman–Crippen LogP) is 1.74. The Bertz CT molecular complexity index is 432. The molecule has 0 bridgehead atoms. The Labute approximate surface area is 113 Å². The third kappa shape index (κ3) is 4.05. The maximum Gasteiger partial charge on any atom is 0.310 e. The summed E-state index contributed by atoms with van der Waals surface area (Å²) < 4.78 is 4.69. The monoisotopic (exact) mass is 264 g/mol. The minimum absolute atomic E-state index is 0.00720. The molecule has 1 unspecified atom stereocenters. The fraction of sp³-hybridized carbons (Fsp3) is 0.500. The highest BCUT2D eigenvalue weighted by atomic mass is 16.5. The molecule has 1 aromatic heterocycles. The van der Waals surface area contributed by atoms with Crippen molar-refractivity contribution in [1.82, 2.24) is 9.88 Å². The largest absolute Gasteiger partial charge is 0.469 e. The van der Waals surface area contributed by atoms with Gasteiger partial charge in [0.25, 0.3) is 5.91 Å². The lowest BCUT2D eigenvalue weighted by atomic mass is 10.1. The Morgan fingerprint density at radius 3 is 2.32 bits per heavy atom. The van der Waals surface area contributed by atoms with Crippen LogP contribution in [0.2, 0.25) is 0 Å². The molecule has 5 nitrogen and oxygen atoms in total. The highest BCUT2D eigenvalue weighted by Gasteiger charge is 2.24. The van der Waals surface area contributed by atoms with Crippen LogP contribution in [0.3, 0.4) is 0 Å². The molecule has 0 fully saturated rings. The molecule has 0 aliphatic carbocycles. The molecule has 0 spiro atoms. The number of pyridine rings is 1. The van der Waals surface area contributed by atoms with Crippen molar-refractivity contribution < 1.29 is 14.3 Å². The van der Waals surface area contributed by atoms with Gasteiger partial charge in [0.15, 0.2) is 0 Å². The van der Waals surface area contributed by atoms with E-state index in [9.17, 15) is 9.59 Å². The minimum Gasteiger partial charge on any atom is -0.469 e. The summed E-state index contributed by atoms with van der Waals surface area (Å²) in [5.41, 5.74) is 0.570. The number of carbonyl (C=O) groups excluding carboxylic acids is 2. The number of hydrogen-bond donors (Lipinski definition) is 0. The van der Waals surface area contributed by atoms with Crippen LogP contribution in [0.1, 0.15) is 31.1 Å². The first-order valence-corrected chi connectivity index (χ1v) is 6.26. The lowest BCUT2D eigenvalue weighted by Gasteiger charge is -2.28. The van der Waals surface area contributed by atoms with Crippen LogP contribution in [0.15, 0.2) is 24.5 Å². The van der Waals surface area contributed by atoms with Crippen LogP contribution in [0.5, 0.6) is 0 Å². The zero-order valence-electron chi connectivity index (χ0n) is 11.8. The molecule has 0 saturated heterocycles. The molecular formula is C14H20N2O3. The average Bonchev–Trinajstić information content (AvgIpc) is 2.43. The third-order valence-electron chi connectivity index (χ3n) is 2.89. The van der Waals surface area contributed by atoms with Crippen LogP contribution >= 0.6 is 0 Å². The van der Waals surface area contributed by atoms with Crippen LogP contribution in [0, 0.1) is 5.92 Å². The summed E-state index contributed by atoms with van der Waals surface area (Å²) in [6.07, 6.45) is 3.16. The van der Waals surface area contributed by atoms with E-state index in [2.05, 4.69) is 4.98 Å². The van der Waals surface area contributed by atoms with Gasteiger partial charge in [0.05, 0.1) is 13.0 Å². The standard InChI is InChI=1S/C14H20N2O3/c1-10(2)16(9-11(3)14(18)19-4)13(17)12-5-7-15-8-6-12/h5-8,10-11H,9H2,1-4H3. The minimum atomic E-state index is -0.349. The van der Waals surface area contributed by atoms with Gasteiger partial charge in [-0.25, -0.2) is 0 Å². The topological polar surface area (TPSA) is 59.5 Å². The lowest BCUT2D eigenvalue weighted by Crippen LogP contribution is -2.41. The molecule has 0 N–H and O–H groups in total. The van der Waals surface area contributed by atoms with E-state index < -0.39 is 0 Å². The molecule has 0 radical (unpaired) electrons. The lowest BCUT2D eigenvalue weighted by molar-refractivity contribution is -0.145. The number of amides is 1. The predicted molar refractivity (Wildman–Crippen MR) is 71.6 cm³/mol. The summed E-state index contributed by atoms with van der Waals surface area (Å²) in [6.45, 7) is 5.93. The molecule has 0 aliphatic heterocycles. The van der Waals surface area contributed by atoms with E-state index >= 15 is 0 Å². The molecule has 1 aromatic rings. The number of carbonyl (C=O) groups is 2. The van der Waals surface area contributed by atoms with Crippen molar-refractivity contribution in [3.8, 4) is 0 Å². The molecule has 0 aliphatic rings. The Balaban J connectivity index is 2.84. The molecule has 1 amide bonds. The fourth-order valence-corrected chi connectivity index (χ4v) is 1.76. The molecule has 19 heavy (non-hydrogen) atoms. The zero-order valence-corrected chi connectivity index (χ0v) is 11.8.